The van der Waals surface area contributed by atoms with Gasteiger partial charge in [-0.25, -0.2) is 0 Å². The minimum atomic E-state index is -0.516. The predicted octanol–water partition coefficient (Wildman–Crippen LogP) is 1.75. The van der Waals surface area contributed by atoms with Crippen LogP contribution in [0.5, 0.6) is 0 Å². The minimum absolute atomic E-state index is 0.479. The van der Waals surface area contributed by atoms with Crippen LogP contribution < -0.4 is 5.73 Å². The molecule has 0 bridgehead atoms. The monoisotopic (exact) mass is 249 g/mol. The van der Waals surface area contributed by atoms with Gasteiger partial charge in [0.25, 0.3) is 5.89 Å². The van der Waals surface area contributed by atoms with Crippen LogP contribution in [0.2, 0.25) is 0 Å². The predicted molar refractivity (Wildman–Crippen MR) is 67.7 cm³/mol. The van der Waals surface area contributed by atoms with Crippen LogP contribution in [0.15, 0.2) is 10.7 Å². The summed E-state index contributed by atoms with van der Waals surface area (Å²) in [6, 6.07) is 0. The summed E-state index contributed by atoms with van der Waals surface area (Å²) < 4.78 is 7.03. The summed E-state index contributed by atoms with van der Waals surface area (Å²) in [6.45, 7) is 5.96. The van der Waals surface area contributed by atoms with Crippen molar-refractivity contribution in [3.8, 4) is 11.5 Å². The smallest absolute Gasteiger partial charge is 0.261 e. The van der Waals surface area contributed by atoms with Gasteiger partial charge in [-0.15, -0.1) is 0 Å². The Balaban J connectivity index is 2.39. The number of hydrogen-bond acceptors (Lipinski definition) is 5. The highest BCUT2D eigenvalue weighted by atomic mass is 16.5. The van der Waals surface area contributed by atoms with E-state index in [1.807, 2.05) is 34.0 Å². The third kappa shape index (κ3) is 2.03. The van der Waals surface area contributed by atoms with E-state index in [9.17, 15) is 0 Å². The molecule has 2 N–H and O–H groups in total. The van der Waals surface area contributed by atoms with E-state index in [0.717, 1.165) is 24.1 Å². The Morgan fingerprint density at radius 2 is 2.06 bits per heavy atom. The molecule has 2 heterocycles. The van der Waals surface area contributed by atoms with E-state index in [1.165, 1.54) is 0 Å². The van der Waals surface area contributed by atoms with Crippen LogP contribution in [0.3, 0.4) is 0 Å². The highest BCUT2D eigenvalue weighted by molar-refractivity contribution is 5.54. The summed E-state index contributed by atoms with van der Waals surface area (Å²) in [5.74, 6) is 1.04. The molecular weight excluding hydrogens is 230 g/mol. The maximum Gasteiger partial charge on any atom is 0.261 e. The van der Waals surface area contributed by atoms with Crippen LogP contribution in [-0.4, -0.2) is 19.9 Å². The second-order valence-corrected chi connectivity index (χ2v) is 4.59. The fourth-order valence-electron chi connectivity index (χ4n) is 1.91. The topological polar surface area (TPSA) is 82.8 Å². The number of nitrogens with two attached hydrogens (primary N) is 1. The number of nitrogens with zero attached hydrogens (tertiary/aromatic N) is 4. The van der Waals surface area contributed by atoms with Gasteiger partial charge in [-0.2, -0.15) is 10.1 Å². The summed E-state index contributed by atoms with van der Waals surface area (Å²) >= 11 is 0. The molecule has 0 unspecified atom stereocenters. The Morgan fingerprint density at radius 1 is 1.39 bits per heavy atom. The first-order chi connectivity index (χ1) is 8.50. The maximum absolute atomic E-state index is 6.25. The zero-order valence-corrected chi connectivity index (χ0v) is 11.3. The average molecular weight is 249 g/mol. The van der Waals surface area contributed by atoms with Gasteiger partial charge in [-0.3, -0.25) is 4.68 Å². The maximum atomic E-state index is 6.25. The summed E-state index contributed by atoms with van der Waals surface area (Å²) in [5, 5.41) is 8.27. The van der Waals surface area contributed by atoms with Crippen LogP contribution in [0.4, 0.5) is 0 Å². The molecule has 0 aliphatic heterocycles. The Bertz CT molecular complexity index is 538. The van der Waals surface area contributed by atoms with Gasteiger partial charge in [0.05, 0.1) is 16.8 Å². The highest BCUT2D eigenvalue weighted by Crippen LogP contribution is 2.26. The van der Waals surface area contributed by atoms with Gasteiger partial charge >= 0.3 is 0 Å². The van der Waals surface area contributed by atoms with Crippen molar-refractivity contribution >= 4 is 0 Å². The molecule has 6 nitrogen and oxygen atoms in total. The summed E-state index contributed by atoms with van der Waals surface area (Å²) in [7, 11) is 1.86. The van der Waals surface area contributed by atoms with E-state index in [0.29, 0.717) is 11.7 Å². The second kappa shape index (κ2) is 4.53. The van der Waals surface area contributed by atoms with Crippen LogP contribution in [-0.2, 0) is 12.6 Å². The van der Waals surface area contributed by atoms with Crippen LogP contribution in [0, 0.1) is 6.92 Å². The van der Waals surface area contributed by atoms with Gasteiger partial charge in [-0.05, 0) is 19.8 Å². The lowest BCUT2D eigenvalue weighted by atomic mass is 9.93. The van der Waals surface area contributed by atoms with Gasteiger partial charge in [0.2, 0.25) is 0 Å². The molecule has 0 aromatic carbocycles. The first-order valence-corrected chi connectivity index (χ1v) is 6.14. The van der Waals surface area contributed by atoms with Crippen LogP contribution >= 0.6 is 0 Å². The van der Waals surface area contributed by atoms with E-state index >= 15 is 0 Å². The molecule has 0 spiro atoms. The SMILES string of the molecule is CCC(N)(CC)c1noc(-c2cn(C)nc2C)n1. The third-order valence-electron chi connectivity index (χ3n) is 3.38. The molecule has 0 aliphatic carbocycles. The Labute approximate surface area is 106 Å². The minimum Gasteiger partial charge on any atom is -0.334 e. The summed E-state index contributed by atoms with van der Waals surface area (Å²) in [5.41, 5.74) is 7.45. The van der Waals surface area contributed by atoms with Crippen molar-refractivity contribution in [1.82, 2.24) is 19.9 Å². The van der Waals surface area contributed by atoms with E-state index in [2.05, 4.69) is 15.2 Å². The molecule has 0 aliphatic rings. The fraction of sp³-hybridized carbons (Fsp3) is 0.583. The molecule has 0 saturated heterocycles. The van der Waals surface area contributed by atoms with Gasteiger partial charge in [0.15, 0.2) is 5.82 Å². The lowest BCUT2D eigenvalue weighted by Crippen LogP contribution is -2.36. The van der Waals surface area contributed by atoms with E-state index in [1.54, 1.807) is 4.68 Å². The third-order valence-corrected chi connectivity index (χ3v) is 3.38. The van der Waals surface area contributed by atoms with Gasteiger partial charge < -0.3 is 10.3 Å². The van der Waals surface area contributed by atoms with Crippen molar-refractivity contribution < 1.29 is 4.52 Å². The fourth-order valence-corrected chi connectivity index (χ4v) is 1.91. The lowest BCUT2D eigenvalue weighted by molar-refractivity contribution is 0.350. The molecule has 0 fully saturated rings. The van der Waals surface area contributed by atoms with Crippen LogP contribution in [0.1, 0.15) is 38.2 Å². The number of aromatic nitrogens is 4. The van der Waals surface area contributed by atoms with Crippen molar-refractivity contribution in [2.24, 2.45) is 12.8 Å². The van der Waals surface area contributed by atoms with Gasteiger partial charge in [0, 0.05) is 13.2 Å². The quantitative estimate of drug-likeness (QED) is 0.892. The van der Waals surface area contributed by atoms with Crippen molar-refractivity contribution in [3.63, 3.8) is 0 Å². The molecule has 6 heteroatoms. The van der Waals surface area contributed by atoms with E-state index in [4.69, 9.17) is 10.3 Å². The van der Waals surface area contributed by atoms with Crippen molar-refractivity contribution in [2.75, 3.05) is 0 Å². The zero-order valence-electron chi connectivity index (χ0n) is 11.3. The number of hydrogen-bond donors (Lipinski definition) is 1. The zero-order chi connectivity index (χ0) is 13.3. The number of rotatable bonds is 4. The molecule has 18 heavy (non-hydrogen) atoms. The molecule has 0 amide bonds. The summed E-state index contributed by atoms with van der Waals surface area (Å²) in [6.07, 6.45) is 3.41. The number of aryl methyl sites for hydroxylation is 2. The largest absolute Gasteiger partial charge is 0.334 e. The molecule has 2 rings (SSSR count). The Hall–Kier alpha value is -1.69. The molecule has 2 aromatic heterocycles. The standard InChI is InChI=1S/C12H19N5O/c1-5-12(13,6-2)11-14-10(18-16-11)9-7-17(4)15-8(9)3/h7H,5-6,13H2,1-4H3. The highest BCUT2D eigenvalue weighted by Gasteiger charge is 2.29. The molecule has 0 saturated carbocycles. The first kappa shape index (κ1) is 12.8. The second-order valence-electron chi connectivity index (χ2n) is 4.59. The molecule has 0 atom stereocenters. The normalized spacial score (nSPS) is 12.1. The van der Waals surface area contributed by atoms with Crippen molar-refractivity contribution in [3.05, 3.63) is 17.7 Å². The van der Waals surface area contributed by atoms with E-state index < -0.39 is 5.54 Å². The lowest BCUT2D eigenvalue weighted by Gasteiger charge is -2.21. The van der Waals surface area contributed by atoms with Gasteiger partial charge in [0.1, 0.15) is 0 Å². The molecule has 98 valence electrons. The van der Waals surface area contributed by atoms with Crippen LogP contribution in [0.25, 0.3) is 11.5 Å². The Kier molecular flexibility index (Phi) is 3.21. The Morgan fingerprint density at radius 3 is 2.56 bits per heavy atom. The van der Waals surface area contributed by atoms with Gasteiger partial charge in [-0.1, -0.05) is 19.0 Å². The van der Waals surface area contributed by atoms with Crippen molar-refractivity contribution in [2.45, 2.75) is 39.2 Å². The molecular formula is C12H19N5O. The van der Waals surface area contributed by atoms with Crippen molar-refractivity contribution in [1.29, 1.82) is 0 Å². The average Bonchev–Trinajstić information content (AvgIpc) is 2.95. The molecule has 0 radical (unpaired) electrons. The summed E-state index contributed by atoms with van der Waals surface area (Å²) in [4.78, 5) is 4.41. The van der Waals surface area contributed by atoms with E-state index in [-0.39, 0.29) is 0 Å². The molecule has 2 aromatic rings. The first-order valence-electron chi connectivity index (χ1n) is 6.14.